The summed E-state index contributed by atoms with van der Waals surface area (Å²) >= 11 is 0. The van der Waals surface area contributed by atoms with E-state index in [4.69, 9.17) is 4.74 Å². The predicted octanol–water partition coefficient (Wildman–Crippen LogP) is 0.706. The van der Waals surface area contributed by atoms with Crippen molar-refractivity contribution in [1.29, 1.82) is 0 Å². The third-order valence-electron chi connectivity index (χ3n) is 3.13. The van der Waals surface area contributed by atoms with Gasteiger partial charge in [0.15, 0.2) is 0 Å². The fourth-order valence-corrected chi connectivity index (χ4v) is 2.32. The Kier molecular flexibility index (Phi) is 2.29. The van der Waals surface area contributed by atoms with Crippen molar-refractivity contribution in [3.63, 3.8) is 0 Å². The van der Waals surface area contributed by atoms with Crippen molar-refractivity contribution in [3.8, 4) is 5.88 Å². The van der Waals surface area contributed by atoms with Crippen LogP contribution < -0.4 is 10.1 Å². The van der Waals surface area contributed by atoms with Gasteiger partial charge in [0.25, 0.3) is 0 Å². The number of fused-ring (bicyclic) bond motifs is 1. The molecule has 0 saturated carbocycles. The molecule has 0 bridgehead atoms. The molecule has 1 aliphatic carbocycles. The number of aryl methyl sites for hydroxylation is 1. The summed E-state index contributed by atoms with van der Waals surface area (Å²) in [5.74, 6) is 0.825. The van der Waals surface area contributed by atoms with Crippen LogP contribution in [0.15, 0.2) is 6.33 Å². The molecule has 0 aromatic carbocycles. The third kappa shape index (κ3) is 1.69. The summed E-state index contributed by atoms with van der Waals surface area (Å²) in [7, 11) is 0. The first-order chi connectivity index (χ1) is 7.43. The van der Waals surface area contributed by atoms with Gasteiger partial charge in [0.2, 0.25) is 5.88 Å². The highest BCUT2D eigenvalue weighted by atomic mass is 16.5. The van der Waals surface area contributed by atoms with E-state index in [1.54, 1.807) is 6.33 Å². The molecule has 1 fully saturated rings. The standard InChI is InChI=1S/C11H15N3O/c1-2-9-10(3-1)13-7-14-11(9)15-8-4-5-12-6-8/h7-8,12H,1-6H2. The summed E-state index contributed by atoms with van der Waals surface area (Å²) in [5, 5.41) is 3.29. The van der Waals surface area contributed by atoms with Crippen LogP contribution in [0.2, 0.25) is 0 Å². The van der Waals surface area contributed by atoms with Gasteiger partial charge in [-0.25, -0.2) is 9.97 Å². The maximum Gasteiger partial charge on any atom is 0.220 e. The second kappa shape index (κ2) is 3.77. The summed E-state index contributed by atoms with van der Waals surface area (Å²) in [6, 6.07) is 0. The Morgan fingerprint density at radius 2 is 2.33 bits per heavy atom. The summed E-state index contributed by atoms with van der Waals surface area (Å²) in [6.45, 7) is 2.00. The molecule has 2 aliphatic rings. The van der Waals surface area contributed by atoms with Gasteiger partial charge < -0.3 is 10.1 Å². The Morgan fingerprint density at radius 3 is 3.20 bits per heavy atom. The first-order valence-electron chi connectivity index (χ1n) is 5.63. The van der Waals surface area contributed by atoms with Crippen molar-refractivity contribution < 1.29 is 4.74 Å². The first kappa shape index (κ1) is 9.09. The molecular formula is C11H15N3O. The lowest BCUT2D eigenvalue weighted by molar-refractivity contribution is 0.211. The summed E-state index contributed by atoms with van der Waals surface area (Å²) in [5.41, 5.74) is 2.43. The second-order valence-corrected chi connectivity index (χ2v) is 4.19. The molecule has 1 aromatic rings. The van der Waals surface area contributed by atoms with E-state index < -0.39 is 0 Å². The van der Waals surface area contributed by atoms with Crippen LogP contribution in [0, 0.1) is 0 Å². The SMILES string of the molecule is c1nc2c(c(OC3CCNC3)n1)CCC2. The lowest BCUT2D eigenvalue weighted by Crippen LogP contribution is -2.20. The van der Waals surface area contributed by atoms with Crippen LogP contribution in [0.4, 0.5) is 0 Å². The molecule has 3 rings (SSSR count). The predicted molar refractivity (Wildman–Crippen MR) is 56.0 cm³/mol. The highest BCUT2D eigenvalue weighted by Crippen LogP contribution is 2.27. The van der Waals surface area contributed by atoms with E-state index in [-0.39, 0.29) is 0 Å². The van der Waals surface area contributed by atoms with E-state index in [0.29, 0.717) is 6.10 Å². The van der Waals surface area contributed by atoms with Crippen LogP contribution in [0.25, 0.3) is 0 Å². The average Bonchev–Trinajstić information content (AvgIpc) is 2.87. The van der Waals surface area contributed by atoms with Crippen molar-refractivity contribution >= 4 is 0 Å². The van der Waals surface area contributed by atoms with Crippen LogP contribution in [0.3, 0.4) is 0 Å². The molecule has 80 valence electrons. The number of aromatic nitrogens is 2. The molecule has 1 unspecified atom stereocenters. The quantitative estimate of drug-likeness (QED) is 0.772. The van der Waals surface area contributed by atoms with E-state index in [1.807, 2.05) is 0 Å². The van der Waals surface area contributed by atoms with Gasteiger partial charge in [-0.1, -0.05) is 0 Å². The molecule has 1 atom stereocenters. The normalized spacial score (nSPS) is 24.1. The van der Waals surface area contributed by atoms with E-state index in [2.05, 4.69) is 15.3 Å². The summed E-state index contributed by atoms with van der Waals surface area (Å²) in [4.78, 5) is 8.54. The van der Waals surface area contributed by atoms with Crippen LogP contribution in [-0.4, -0.2) is 29.2 Å². The zero-order chi connectivity index (χ0) is 10.1. The molecule has 15 heavy (non-hydrogen) atoms. The van der Waals surface area contributed by atoms with E-state index in [1.165, 1.54) is 17.7 Å². The Labute approximate surface area is 89.1 Å². The molecule has 2 heterocycles. The molecule has 4 heteroatoms. The van der Waals surface area contributed by atoms with Gasteiger partial charge in [0.1, 0.15) is 12.4 Å². The molecule has 1 saturated heterocycles. The van der Waals surface area contributed by atoms with Crippen LogP contribution in [-0.2, 0) is 12.8 Å². The maximum absolute atomic E-state index is 5.90. The molecule has 1 N–H and O–H groups in total. The number of rotatable bonds is 2. The van der Waals surface area contributed by atoms with E-state index in [0.717, 1.165) is 38.2 Å². The van der Waals surface area contributed by atoms with Gasteiger partial charge in [-0.05, 0) is 32.2 Å². The van der Waals surface area contributed by atoms with Crippen LogP contribution in [0.1, 0.15) is 24.1 Å². The molecule has 1 aromatic heterocycles. The summed E-state index contributed by atoms with van der Waals surface area (Å²) in [6.07, 6.45) is 6.35. The molecule has 0 radical (unpaired) electrons. The van der Waals surface area contributed by atoms with Gasteiger partial charge in [0.05, 0.1) is 5.69 Å². The van der Waals surface area contributed by atoms with Crippen molar-refractivity contribution in [2.45, 2.75) is 31.8 Å². The second-order valence-electron chi connectivity index (χ2n) is 4.19. The fraction of sp³-hybridized carbons (Fsp3) is 0.636. The smallest absolute Gasteiger partial charge is 0.220 e. The lowest BCUT2D eigenvalue weighted by atomic mass is 10.2. The average molecular weight is 205 g/mol. The van der Waals surface area contributed by atoms with E-state index in [9.17, 15) is 0 Å². The monoisotopic (exact) mass is 205 g/mol. The zero-order valence-corrected chi connectivity index (χ0v) is 8.70. The molecule has 0 amide bonds. The number of nitrogens with one attached hydrogen (secondary N) is 1. The Bertz CT molecular complexity index is 361. The minimum atomic E-state index is 0.296. The summed E-state index contributed by atoms with van der Waals surface area (Å²) < 4.78 is 5.90. The Hall–Kier alpha value is -1.16. The fourth-order valence-electron chi connectivity index (χ4n) is 2.32. The number of nitrogens with zero attached hydrogens (tertiary/aromatic N) is 2. The van der Waals surface area contributed by atoms with Crippen molar-refractivity contribution in [2.75, 3.05) is 13.1 Å². The third-order valence-corrected chi connectivity index (χ3v) is 3.13. The van der Waals surface area contributed by atoms with Crippen molar-refractivity contribution in [2.24, 2.45) is 0 Å². The topological polar surface area (TPSA) is 47.0 Å². The van der Waals surface area contributed by atoms with Gasteiger partial charge in [-0.2, -0.15) is 0 Å². The zero-order valence-electron chi connectivity index (χ0n) is 8.70. The Balaban J connectivity index is 1.82. The lowest BCUT2D eigenvalue weighted by Gasteiger charge is -2.13. The number of hydrogen-bond acceptors (Lipinski definition) is 4. The first-order valence-corrected chi connectivity index (χ1v) is 5.63. The van der Waals surface area contributed by atoms with Crippen LogP contribution in [0.5, 0.6) is 5.88 Å². The Morgan fingerprint density at radius 1 is 1.33 bits per heavy atom. The maximum atomic E-state index is 5.90. The van der Waals surface area contributed by atoms with Gasteiger partial charge in [-0.15, -0.1) is 0 Å². The van der Waals surface area contributed by atoms with E-state index >= 15 is 0 Å². The largest absolute Gasteiger partial charge is 0.473 e. The van der Waals surface area contributed by atoms with Gasteiger partial charge in [-0.3, -0.25) is 0 Å². The minimum absolute atomic E-state index is 0.296. The van der Waals surface area contributed by atoms with Crippen molar-refractivity contribution in [1.82, 2.24) is 15.3 Å². The number of ether oxygens (including phenoxy) is 1. The minimum Gasteiger partial charge on any atom is -0.473 e. The molecule has 4 nitrogen and oxygen atoms in total. The molecular weight excluding hydrogens is 190 g/mol. The van der Waals surface area contributed by atoms with Crippen LogP contribution >= 0.6 is 0 Å². The molecule has 1 aliphatic heterocycles. The molecule has 0 spiro atoms. The number of hydrogen-bond donors (Lipinski definition) is 1. The van der Waals surface area contributed by atoms with Crippen molar-refractivity contribution in [3.05, 3.63) is 17.6 Å². The highest BCUT2D eigenvalue weighted by Gasteiger charge is 2.22. The highest BCUT2D eigenvalue weighted by molar-refractivity contribution is 5.33. The van der Waals surface area contributed by atoms with Gasteiger partial charge >= 0.3 is 0 Å². The van der Waals surface area contributed by atoms with Gasteiger partial charge in [0, 0.05) is 12.1 Å².